The van der Waals surface area contributed by atoms with E-state index in [1.165, 1.54) is 56.7 Å². The van der Waals surface area contributed by atoms with E-state index in [-0.39, 0.29) is 39.8 Å². The maximum Gasteiger partial charge on any atom is 0.262 e. The minimum absolute atomic E-state index is 0.0239. The van der Waals surface area contributed by atoms with Crippen molar-refractivity contribution in [1.82, 2.24) is 0 Å². The Morgan fingerprint density at radius 1 is 0.917 bits per heavy atom. The van der Waals surface area contributed by atoms with Crippen molar-refractivity contribution in [2.75, 3.05) is 30.4 Å². The van der Waals surface area contributed by atoms with Gasteiger partial charge in [0.15, 0.2) is 9.84 Å². The average Bonchev–Trinajstić information content (AvgIpc) is 2.83. The second kappa shape index (κ2) is 11.2. The predicted octanol–water partition coefficient (Wildman–Crippen LogP) is 3.61. The lowest BCUT2D eigenvalue weighted by Gasteiger charge is -2.17. The third-order valence-electron chi connectivity index (χ3n) is 5.26. The molecule has 36 heavy (non-hydrogen) atoms. The van der Waals surface area contributed by atoms with Crippen molar-refractivity contribution in [2.24, 2.45) is 0 Å². The molecular weight excluding hydrogens is 528 g/mol. The van der Waals surface area contributed by atoms with Crippen LogP contribution in [0.4, 0.5) is 11.4 Å². The number of sulfone groups is 1. The summed E-state index contributed by atoms with van der Waals surface area (Å²) in [6.45, 7) is 0. The number of ether oxygens (including phenoxy) is 2. The van der Waals surface area contributed by atoms with E-state index in [0.717, 1.165) is 5.56 Å². The van der Waals surface area contributed by atoms with Crippen LogP contribution in [0.3, 0.4) is 0 Å². The first-order chi connectivity index (χ1) is 16.9. The first-order valence-corrected chi connectivity index (χ1v) is 14.1. The number of nitrogens with one attached hydrogen (secondary N) is 1. The first-order valence-electron chi connectivity index (χ1n) is 10.6. The molecule has 192 valence electrons. The molecule has 0 bridgehead atoms. The molecule has 0 saturated carbocycles. The second-order valence-corrected chi connectivity index (χ2v) is 12.0. The predicted molar refractivity (Wildman–Crippen MR) is 138 cm³/mol. The van der Waals surface area contributed by atoms with E-state index in [2.05, 4.69) is 4.72 Å². The fraction of sp³-hybridized carbons (Fsp3) is 0.208. The summed E-state index contributed by atoms with van der Waals surface area (Å²) in [7, 11) is -4.74. The smallest absolute Gasteiger partial charge is 0.262 e. The van der Waals surface area contributed by atoms with Gasteiger partial charge in [0.1, 0.15) is 11.5 Å². The molecule has 0 atom stereocenters. The molecule has 9 nitrogen and oxygen atoms in total. The van der Waals surface area contributed by atoms with Crippen LogP contribution in [0, 0.1) is 0 Å². The molecule has 0 aliphatic heterocycles. The summed E-state index contributed by atoms with van der Waals surface area (Å²) < 4.78 is 64.1. The quantitative estimate of drug-likeness (QED) is 0.271. The fourth-order valence-corrected chi connectivity index (χ4v) is 5.94. The first kappa shape index (κ1) is 27.3. The maximum absolute atomic E-state index is 12.9. The molecule has 0 aliphatic carbocycles. The normalized spacial score (nSPS) is 11.6. The van der Waals surface area contributed by atoms with Crippen LogP contribution in [-0.4, -0.2) is 42.1 Å². The number of halogens is 1. The Labute approximate surface area is 215 Å². The standard InChI is InChI=1S/C24H25ClN2O7S2/c1-33-19-14-17(13-16-3-7-20(8-4-16)35(29,30)12-11-23(25)28)24(34-2)22(15-19)27-36(31,32)21-9-5-18(26)6-10-21/h3-10,14-15,27H,11-13,26H2,1-2H3. The summed E-state index contributed by atoms with van der Waals surface area (Å²) >= 11 is 5.26. The van der Waals surface area contributed by atoms with Crippen LogP contribution in [-0.2, 0) is 31.1 Å². The molecule has 12 heteroatoms. The number of benzene rings is 3. The summed E-state index contributed by atoms with van der Waals surface area (Å²) in [6.07, 6.45) is 0.0131. The minimum atomic E-state index is -3.95. The van der Waals surface area contributed by atoms with Crippen molar-refractivity contribution < 1.29 is 31.1 Å². The molecule has 0 aliphatic rings. The maximum atomic E-state index is 12.9. The molecule has 0 spiro atoms. The molecule has 0 aromatic heterocycles. The molecule has 0 saturated heterocycles. The fourth-order valence-electron chi connectivity index (χ4n) is 3.44. The lowest BCUT2D eigenvalue weighted by Crippen LogP contribution is -2.14. The minimum Gasteiger partial charge on any atom is -0.497 e. The van der Waals surface area contributed by atoms with Gasteiger partial charge in [-0.1, -0.05) is 12.1 Å². The average molecular weight is 553 g/mol. The molecule has 0 radical (unpaired) electrons. The van der Waals surface area contributed by atoms with Gasteiger partial charge in [-0.05, 0) is 59.6 Å². The van der Waals surface area contributed by atoms with E-state index in [1.807, 2.05) is 0 Å². The highest BCUT2D eigenvalue weighted by atomic mass is 35.5. The number of anilines is 2. The van der Waals surface area contributed by atoms with E-state index in [1.54, 1.807) is 18.2 Å². The largest absolute Gasteiger partial charge is 0.497 e. The Morgan fingerprint density at radius 3 is 2.08 bits per heavy atom. The number of methoxy groups -OCH3 is 2. The van der Waals surface area contributed by atoms with E-state index in [0.29, 0.717) is 17.0 Å². The summed E-state index contributed by atoms with van der Waals surface area (Å²) in [5.74, 6) is 0.300. The zero-order valence-corrected chi connectivity index (χ0v) is 21.9. The summed E-state index contributed by atoms with van der Waals surface area (Å²) in [6, 6.07) is 15.1. The van der Waals surface area contributed by atoms with Crippen LogP contribution in [0.2, 0.25) is 0 Å². The van der Waals surface area contributed by atoms with Gasteiger partial charge in [-0.2, -0.15) is 0 Å². The van der Waals surface area contributed by atoms with Crippen molar-refractivity contribution in [1.29, 1.82) is 0 Å². The molecule has 3 rings (SSSR count). The van der Waals surface area contributed by atoms with Crippen molar-refractivity contribution in [2.45, 2.75) is 22.6 Å². The van der Waals surface area contributed by atoms with Crippen LogP contribution in [0.1, 0.15) is 17.5 Å². The molecular formula is C24H25ClN2O7S2. The number of hydrogen-bond acceptors (Lipinski definition) is 8. The number of nitrogen functional groups attached to an aromatic ring is 1. The molecule has 3 N–H and O–H groups in total. The van der Waals surface area contributed by atoms with Crippen LogP contribution in [0.25, 0.3) is 0 Å². The topological polar surface area (TPSA) is 142 Å². The molecule has 0 fully saturated rings. The highest BCUT2D eigenvalue weighted by Gasteiger charge is 2.21. The van der Waals surface area contributed by atoms with Crippen LogP contribution >= 0.6 is 11.6 Å². The lowest BCUT2D eigenvalue weighted by atomic mass is 10.0. The Morgan fingerprint density at radius 2 is 1.53 bits per heavy atom. The third kappa shape index (κ3) is 6.68. The number of carbonyl (C=O) groups excluding carboxylic acids is 1. The van der Waals surface area contributed by atoms with Gasteiger partial charge in [-0.15, -0.1) is 0 Å². The van der Waals surface area contributed by atoms with Gasteiger partial charge in [0.05, 0.1) is 35.5 Å². The summed E-state index contributed by atoms with van der Waals surface area (Å²) in [5, 5.41) is -0.719. The number of sulfonamides is 1. The van der Waals surface area contributed by atoms with E-state index in [9.17, 15) is 21.6 Å². The van der Waals surface area contributed by atoms with Crippen molar-refractivity contribution in [3.63, 3.8) is 0 Å². The zero-order valence-electron chi connectivity index (χ0n) is 19.5. The van der Waals surface area contributed by atoms with Crippen molar-refractivity contribution in [3.05, 3.63) is 71.8 Å². The molecule has 3 aromatic rings. The van der Waals surface area contributed by atoms with Gasteiger partial charge in [0, 0.05) is 30.2 Å². The SMILES string of the molecule is COc1cc(Cc2ccc(S(=O)(=O)CCC(=O)Cl)cc2)c(OC)c(NS(=O)(=O)c2ccc(N)cc2)c1. The van der Waals surface area contributed by atoms with Crippen LogP contribution in [0.5, 0.6) is 11.5 Å². The van der Waals surface area contributed by atoms with Crippen molar-refractivity contribution in [3.8, 4) is 11.5 Å². The Balaban J connectivity index is 1.92. The Bertz CT molecular complexity index is 1460. The number of rotatable bonds is 11. The highest BCUT2D eigenvalue weighted by Crippen LogP contribution is 2.36. The highest BCUT2D eigenvalue weighted by molar-refractivity contribution is 7.92. The third-order valence-corrected chi connectivity index (χ3v) is 8.56. The van der Waals surface area contributed by atoms with Crippen molar-refractivity contribution >= 4 is 48.1 Å². The van der Waals surface area contributed by atoms with Gasteiger partial charge in [0.25, 0.3) is 10.0 Å². The molecule has 0 heterocycles. The van der Waals surface area contributed by atoms with Gasteiger partial charge in [0.2, 0.25) is 5.24 Å². The second-order valence-electron chi connectivity index (χ2n) is 7.79. The summed E-state index contributed by atoms with van der Waals surface area (Å²) in [5.41, 5.74) is 7.61. The summed E-state index contributed by atoms with van der Waals surface area (Å²) in [4.78, 5) is 11.0. The monoisotopic (exact) mass is 552 g/mol. The number of carbonyl (C=O) groups is 1. The van der Waals surface area contributed by atoms with E-state index >= 15 is 0 Å². The van der Waals surface area contributed by atoms with Gasteiger partial charge < -0.3 is 15.2 Å². The van der Waals surface area contributed by atoms with Gasteiger partial charge >= 0.3 is 0 Å². The molecule has 3 aromatic carbocycles. The van der Waals surface area contributed by atoms with Crippen LogP contribution in [0.15, 0.2) is 70.5 Å². The Hall–Kier alpha value is -3.28. The lowest BCUT2D eigenvalue weighted by molar-refractivity contribution is -0.111. The van der Waals surface area contributed by atoms with E-state index < -0.39 is 25.1 Å². The number of hydrogen-bond donors (Lipinski definition) is 2. The Kier molecular flexibility index (Phi) is 8.49. The van der Waals surface area contributed by atoms with Gasteiger partial charge in [-0.3, -0.25) is 9.52 Å². The van der Waals surface area contributed by atoms with Gasteiger partial charge in [-0.25, -0.2) is 16.8 Å². The number of nitrogens with two attached hydrogens (primary N) is 1. The molecule has 0 amide bonds. The van der Waals surface area contributed by atoms with Crippen LogP contribution < -0.4 is 19.9 Å². The zero-order chi connectivity index (χ0) is 26.5. The van der Waals surface area contributed by atoms with E-state index in [4.69, 9.17) is 26.8 Å². The molecule has 0 unspecified atom stereocenters.